The lowest BCUT2D eigenvalue weighted by Gasteiger charge is -2.06. The predicted octanol–water partition coefficient (Wildman–Crippen LogP) is 4.39. The van der Waals surface area contributed by atoms with Crippen LogP contribution in [-0.4, -0.2) is 23.3 Å². The molecule has 4 nitrogen and oxygen atoms in total. The van der Waals surface area contributed by atoms with Crippen LogP contribution in [0.5, 0.6) is 0 Å². The van der Waals surface area contributed by atoms with Gasteiger partial charge >= 0.3 is 5.97 Å². The van der Waals surface area contributed by atoms with Crippen molar-refractivity contribution >= 4 is 22.7 Å². The van der Waals surface area contributed by atoms with Crippen molar-refractivity contribution in [2.75, 3.05) is 6.61 Å². The number of esters is 1. The van der Waals surface area contributed by atoms with Crippen LogP contribution in [0.25, 0.3) is 10.9 Å². The van der Waals surface area contributed by atoms with Gasteiger partial charge in [-0.15, -0.1) is 0 Å². The average Bonchev–Trinajstić information content (AvgIpc) is 3.05. The molecule has 0 saturated heterocycles. The van der Waals surface area contributed by atoms with Gasteiger partial charge in [0.1, 0.15) is 0 Å². The Labute approximate surface area is 146 Å². The Kier molecular flexibility index (Phi) is 4.70. The molecule has 1 N–H and O–H groups in total. The average molecular weight is 335 g/mol. The molecule has 4 heteroatoms. The Morgan fingerprint density at radius 3 is 2.60 bits per heavy atom. The smallest absolute Gasteiger partial charge is 0.338 e. The number of ketones is 1. The van der Waals surface area contributed by atoms with Crippen molar-refractivity contribution in [2.45, 2.75) is 27.2 Å². The highest BCUT2D eigenvalue weighted by Gasteiger charge is 2.16. The number of hydrogen-bond donors (Lipinski definition) is 1. The maximum Gasteiger partial charge on any atom is 0.338 e. The molecule has 128 valence electrons. The van der Waals surface area contributed by atoms with E-state index in [0.717, 1.165) is 34.0 Å². The van der Waals surface area contributed by atoms with E-state index < -0.39 is 5.97 Å². The maximum atomic E-state index is 12.5. The van der Waals surface area contributed by atoms with Gasteiger partial charge in [-0.05, 0) is 49.1 Å². The molecule has 0 aliphatic carbocycles. The molecule has 0 spiro atoms. The van der Waals surface area contributed by atoms with Crippen LogP contribution in [-0.2, 0) is 11.2 Å². The second-order valence-corrected chi connectivity index (χ2v) is 6.19. The summed E-state index contributed by atoms with van der Waals surface area (Å²) in [6.07, 6.45) is 2.57. The third kappa shape index (κ3) is 3.33. The molecule has 0 unspecified atom stereocenters. The van der Waals surface area contributed by atoms with Crippen LogP contribution in [0.1, 0.15) is 44.3 Å². The Hall–Kier alpha value is -2.88. The summed E-state index contributed by atoms with van der Waals surface area (Å²) in [6.45, 7) is 5.72. The maximum absolute atomic E-state index is 12.5. The van der Waals surface area contributed by atoms with E-state index in [1.54, 1.807) is 18.3 Å². The fourth-order valence-corrected chi connectivity index (χ4v) is 2.90. The molecular weight excluding hydrogens is 314 g/mol. The number of hydrogen-bond acceptors (Lipinski definition) is 3. The van der Waals surface area contributed by atoms with E-state index in [1.807, 2.05) is 38.1 Å². The minimum absolute atomic E-state index is 0.211. The molecule has 0 aliphatic rings. The molecular formula is C21H21NO3. The molecule has 0 bridgehead atoms. The fraction of sp³-hybridized carbons (Fsp3) is 0.238. The number of aromatic amines is 1. The quantitative estimate of drug-likeness (QED) is 0.556. The summed E-state index contributed by atoms with van der Waals surface area (Å²) in [5.74, 6) is -0.692. The highest BCUT2D eigenvalue weighted by Crippen LogP contribution is 2.22. The van der Waals surface area contributed by atoms with Gasteiger partial charge in [0.2, 0.25) is 5.78 Å². The van der Waals surface area contributed by atoms with Crippen LogP contribution in [0.15, 0.2) is 42.6 Å². The lowest BCUT2D eigenvalue weighted by molar-refractivity contribution is 0.0475. The van der Waals surface area contributed by atoms with Crippen LogP contribution in [0.2, 0.25) is 0 Å². The van der Waals surface area contributed by atoms with Crippen LogP contribution in [0.3, 0.4) is 0 Å². The standard InChI is InChI=1S/C21H21NO3/c1-4-15-6-5-7-17-18(11-22-20(15)17)19(23)12-25-21(24)16-9-8-13(2)14(3)10-16/h5-11,22H,4,12H2,1-3H3. The summed E-state index contributed by atoms with van der Waals surface area (Å²) >= 11 is 0. The molecule has 3 aromatic rings. The number of rotatable bonds is 5. The van der Waals surface area contributed by atoms with Crippen molar-refractivity contribution < 1.29 is 14.3 Å². The third-order valence-electron chi connectivity index (χ3n) is 4.56. The van der Waals surface area contributed by atoms with Crippen molar-refractivity contribution in [3.05, 3.63) is 70.4 Å². The molecule has 0 radical (unpaired) electrons. The predicted molar refractivity (Wildman–Crippen MR) is 98.2 cm³/mol. The fourth-order valence-electron chi connectivity index (χ4n) is 2.90. The largest absolute Gasteiger partial charge is 0.454 e. The first-order valence-electron chi connectivity index (χ1n) is 8.37. The number of carbonyl (C=O) groups excluding carboxylic acids is 2. The number of benzene rings is 2. The van der Waals surface area contributed by atoms with Gasteiger partial charge in [0, 0.05) is 22.7 Å². The molecule has 0 fully saturated rings. The number of ether oxygens (including phenoxy) is 1. The minimum Gasteiger partial charge on any atom is -0.454 e. The SMILES string of the molecule is CCc1cccc2c(C(=O)COC(=O)c3ccc(C)c(C)c3)c[nH]c12. The number of H-pyrrole nitrogens is 1. The number of nitrogens with one attached hydrogen (secondary N) is 1. The van der Waals surface area contributed by atoms with Crippen molar-refractivity contribution in [3.8, 4) is 0 Å². The summed E-state index contributed by atoms with van der Waals surface area (Å²) in [5, 5.41) is 0.867. The van der Waals surface area contributed by atoms with Crippen molar-refractivity contribution in [2.24, 2.45) is 0 Å². The first-order valence-corrected chi connectivity index (χ1v) is 8.37. The first-order chi connectivity index (χ1) is 12.0. The van der Waals surface area contributed by atoms with E-state index in [9.17, 15) is 9.59 Å². The minimum atomic E-state index is -0.481. The first kappa shape index (κ1) is 17.0. The van der Waals surface area contributed by atoms with Crippen molar-refractivity contribution in [1.82, 2.24) is 4.98 Å². The zero-order valence-electron chi connectivity index (χ0n) is 14.7. The van der Waals surface area contributed by atoms with Gasteiger partial charge in [-0.2, -0.15) is 0 Å². The molecule has 0 saturated carbocycles. The normalized spacial score (nSPS) is 10.8. The highest BCUT2D eigenvalue weighted by atomic mass is 16.5. The van der Waals surface area contributed by atoms with Gasteiger partial charge < -0.3 is 9.72 Å². The van der Waals surface area contributed by atoms with Gasteiger partial charge in [-0.3, -0.25) is 4.79 Å². The highest BCUT2D eigenvalue weighted by molar-refractivity contribution is 6.09. The Balaban J connectivity index is 1.74. The lowest BCUT2D eigenvalue weighted by Crippen LogP contribution is -2.14. The van der Waals surface area contributed by atoms with Crippen molar-refractivity contribution in [1.29, 1.82) is 0 Å². The molecule has 3 rings (SSSR count). The lowest BCUT2D eigenvalue weighted by atomic mass is 10.1. The van der Waals surface area contributed by atoms with E-state index in [2.05, 4.69) is 11.9 Å². The van der Waals surface area contributed by atoms with Crippen molar-refractivity contribution in [3.63, 3.8) is 0 Å². The van der Waals surface area contributed by atoms with Gasteiger partial charge in [0.25, 0.3) is 0 Å². The molecule has 2 aromatic carbocycles. The summed E-state index contributed by atoms with van der Waals surface area (Å²) in [5.41, 5.74) is 5.27. The Morgan fingerprint density at radius 1 is 1.08 bits per heavy atom. The molecule has 1 aromatic heterocycles. The van der Waals surface area contributed by atoms with E-state index in [0.29, 0.717) is 11.1 Å². The second-order valence-electron chi connectivity index (χ2n) is 6.19. The van der Waals surface area contributed by atoms with Gasteiger partial charge in [0.05, 0.1) is 5.56 Å². The number of aromatic nitrogens is 1. The third-order valence-corrected chi connectivity index (χ3v) is 4.56. The van der Waals surface area contributed by atoms with Crippen LogP contribution in [0.4, 0.5) is 0 Å². The Bertz CT molecular complexity index is 953. The van der Waals surface area contributed by atoms with E-state index in [-0.39, 0.29) is 12.4 Å². The van der Waals surface area contributed by atoms with Gasteiger partial charge in [-0.1, -0.05) is 31.2 Å². The number of Topliss-reactive ketones (excluding diaryl/α,β-unsaturated/α-hetero) is 1. The van der Waals surface area contributed by atoms with E-state index in [4.69, 9.17) is 4.74 Å². The zero-order valence-corrected chi connectivity index (χ0v) is 14.7. The van der Waals surface area contributed by atoms with Gasteiger partial charge in [-0.25, -0.2) is 4.79 Å². The number of para-hydroxylation sites is 1. The van der Waals surface area contributed by atoms with Gasteiger partial charge in [0.15, 0.2) is 6.61 Å². The van der Waals surface area contributed by atoms with E-state index in [1.165, 1.54) is 0 Å². The summed E-state index contributed by atoms with van der Waals surface area (Å²) in [7, 11) is 0. The molecule has 0 amide bonds. The van der Waals surface area contributed by atoms with E-state index >= 15 is 0 Å². The number of fused-ring (bicyclic) bond motifs is 1. The summed E-state index contributed by atoms with van der Waals surface area (Å²) < 4.78 is 5.21. The second kappa shape index (κ2) is 6.93. The van der Waals surface area contributed by atoms with Crippen LogP contribution in [0, 0.1) is 13.8 Å². The van der Waals surface area contributed by atoms with Crippen LogP contribution >= 0.6 is 0 Å². The summed E-state index contributed by atoms with van der Waals surface area (Å²) in [6, 6.07) is 11.2. The molecule has 0 aliphatic heterocycles. The number of carbonyl (C=O) groups is 2. The summed E-state index contributed by atoms with van der Waals surface area (Å²) in [4.78, 5) is 27.8. The number of aryl methyl sites for hydroxylation is 3. The Morgan fingerprint density at radius 2 is 1.88 bits per heavy atom. The molecule has 25 heavy (non-hydrogen) atoms. The van der Waals surface area contributed by atoms with Crippen LogP contribution < -0.4 is 0 Å². The monoisotopic (exact) mass is 335 g/mol. The topological polar surface area (TPSA) is 59.2 Å². The zero-order chi connectivity index (χ0) is 18.0. The molecule has 1 heterocycles. The molecule has 0 atom stereocenters.